The van der Waals surface area contributed by atoms with Crippen molar-refractivity contribution in [2.45, 2.75) is 38.2 Å². The van der Waals surface area contributed by atoms with Crippen molar-refractivity contribution in [3.63, 3.8) is 0 Å². The Balaban J connectivity index is 0.00000385. The summed E-state index contributed by atoms with van der Waals surface area (Å²) in [5.74, 6) is 0.282. The molecular weight excluding hydrogens is 548 g/mol. The van der Waals surface area contributed by atoms with Crippen LogP contribution in [0.15, 0.2) is 53.5 Å². The maximum absolute atomic E-state index is 12.9. The molecule has 0 bridgehead atoms. The minimum absolute atomic E-state index is 0. The molecule has 1 amide bonds. The van der Waals surface area contributed by atoms with Gasteiger partial charge in [-0.15, -0.1) is 24.0 Å². The van der Waals surface area contributed by atoms with E-state index in [2.05, 4.69) is 20.9 Å². The van der Waals surface area contributed by atoms with E-state index >= 15 is 0 Å². The maximum Gasteiger partial charge on any atom is 0.416 e. The lowest BCUT2D eigenvalue weighted by atomic mass is 10.1. The first kappa shape index (κ1) is 26.9. The highest BCUT2D eigenvalue weighted by Gasteiger charge is 2.30. The minimum atomic E-state index is -4.38. The number of alkyl halides is 3. The van der Waals surface area contributed by atoms with Gasteiger partial charge in [-0.2, -0.15) is 13.2 Å². The Kier molecular flexibility index (Phi) is 10.4. The van der Waals surface area contributed by atoms with Crippen LogP contribution >= 0.6 is 24.0 Å². The van der Waals surface area contributed by atoms with Crippen molar-refractivity contribution >= 4 is 35.8 Å². The van der Waals surface area contributed by atoms with Crippen LogP contribution in [0.4, 0.5) is 13.2 Å². The molecule has 1 saturated heterocycles. The van der Waals surface area contributed by atoms with Gasteiger partial charge in [0.1, 0.15) is 0 Å². The van der Waals surface area contributed by atoms with Crippen LogP contribution in [0, 0.1) is 0 Å². The molecule has 180 valence electrons. The molecule has 3 N–H and O–H groups in total. The van der Waals surface area contributed by atoms with Gasteiger partial charge in [-0.3, -0.25) is 9.79 Å². The van der Waals surface area contributed by atoms with Crippen molar-refractivity contribution in [3.8, 4) is 0 Å². The predicted molar refractivity (Wildman–Crippen MR) is 132 cm³/mol. The van der Waals surface area contributed by atoms with Crippen LogP contribution in [-0.2, 0) is 24.0 Å². The standard InChI is InChI=1S/C23H27F3N4O2.HI/c1-27-22(30-14-17-6-3-8-19(12-17)23(24,25)26)29-13-16-5-2-7-18(11-16)21(31)28-15-20-9-4-10-32-20;/h2-3,5-8,11-12,20H,4,9-10,13-15H2,1H3,(H,28,31)(H2,27,29,30);1H. The summed E-state index contributed by atoms with van der Waals surface area (Å²) in [4.78, 5) is 16.5. The molecule has 0 spiro atoms. The predicted octanol–water partition coefficient (Wildman–Crippen LogP) is 4.10. The van der Waals surface area contributed by atoms with E-state index in [9.17, 15) is 18.0 Å². The van der Waals surface area contributed by atoms with E-state index in [1.807, 2.05) is 6.07 Å². The van der Waals surface area contributed by atoms with Crippen LogP contribution in [0.5, 0.6) is 0 Å². The van der Waals surface area contributed by atoms with E-state index in [0.29, 0.717) is 30.2 Å². The van der Waals surface area contributed by atoms with E-state index in [1.165, 1.54) is 6.07 Å². The van der Waals surface area contributed by atoms with Gasteiger partial charge in [-0.1, -0.05) is 24.3 Å². The molecule has 1 aliphatic heterocycles. The van der Waals surface area contributed by atoms with Gasteiger partial charge < -0.3 is 20.7 Å². The average Bonchev–Trinajstić information content (AvgIpc) is 3.31. The number of carbonyl (C=O) groups is 1. The number of halogens is 4. The number of rotatable bonds is 7. The third kappa shape index (κ3) is 8.50. The number of carbonyl (C=O) groups excluding carboxylic acids is 1. The Morgan fingerprint density at radius 2 is 1.73 bits per heavy atom. The first-order chi connectivity index (χ1) is 15.3. The first-order valence-corrected chi connectivity index (χ1v) is 10.4. The van der Waals surface area contributed by atoms with Crippen LogP contribution in [0.25, 0.3) is 0 Å². The highest BCUT2D eigenvalue weighted by molar-refractivity contribution is 14.0. The molecule has 33 heavy (non-hydrogen) atoms. The van der Waals surface area contributed by atoms with Crippen LogP contribution in [0.2, 0.25) is 0 Å². The summed E-state index contributed by atoms with van der Waals surface area (Å²) < 4.78 is 44.1. The normalized spacial score (nSPS) is 16.1. The van der Waals surface area contributed by atoms with E-state index in [0.717, 1.165) is 37.1 Å². The van der Waals surface area contributed by atoms with E-state index in [-0.39, 0.29) is 42.5 Å². The lowest BCUT2D eigenvalue weighted by Gasteiger charge is -2.14. The summed E-state index contributed by atoms with van der Waals surface area (Å²) in [7, 11) is 1.58. The Bertz CT molecular complexity index is 947. The van der Waals surface area contributed by atoms with E-state index < -0.39 is 11.7 Å². The Morgan fingerprint density at radius 1 is 1.06 bits per heavy atom. The summed E-state index contributed by atoms with van der Waals surface area (Å²) in [5, 5.41) is 9.01. The van der Waals surface area contributed by atoms with Gasteiger partial charge in [0.2, 0.25) is 0 Å². The minimum Gasteiger partial charge on any atom is -0.376 e. The summed E-state index contributed by atoms with van der Waals surface area (Å²) in [6.07, 6.45) is -2.33. The average molecular weight is 576 g/mol. The molecule has 1 fully saturated rings. The zero-order valence-electron chi connectivity index (χ0n) is 18.2. The Labute approximate surface area is 208 Å². The molecule has 1 unspecified atom stereocenters. The quantitative estimate of drug-likeness (QED) is 0.264. The number of amides is 1. The number of guanidine groups is 1. The Hall–Kier alpha value is -2.34. The SMILES string of the molecule is CN=C(NCc1cccc(C(=O)NCC2CCCO2)c1)NCc1cccc(C(F)(F)F)c1.I. The zero-order chi connectivity index (χ0) is 23.0. The first-order valence-electron chi connectivity index (χ1n) is 10.4. The van der Waals surface area contributed by atoms with Crippen molar-refractivity contribution in [1.29, 1.82) is 0 Å². The molecule has 6 nitrogen and oxygen atoms in total. The molecule has 3 rings (SSSR count). The van der Waals surface area contributed by atoms with Crippen LogP contribution in [0.3, 0.4) is 0 Å². The Morgan fingerprint density at radius 3 is 2.33 bits per heavy atom. The molecule has 2 aromatic rings. The lowest BCUT2D eigenvalue weighted by Crippen LogP contribution is -2.36. The molecule has 0 radical (unpaired) electrons. The zero-order valence-corrected chi connectivity index (χ0v) is 20.6. The fourth-order valence-electron chi connectivity index (χ4n) is 3.39. The molecule has 10 heteroatoms. The van der Waals surface area contributed by atoms with Gasteiger partial charge in [0, 0.05) is 38.9 Å². The largest absolute Gasteiger partial charge is 0.416 e. The summed E-state index contributed by atoms with van der Waals surface area (Å²) in [6, 6.07) is 12.4. The van der Waals surface area contributed by atoms with Gasteiger partial charge >= 0.3 is 6.18 Å². The van der Waals surface area contributed by atoms with Crippen LogP contribution in [0.1, 0.15) is 39.9 Å². The number of benzene rings is 2. The number of nitrogens with zero attached hydrogens (tertiary/aromatic N) is 1. The summed E-state index contributed by atoms with van der Waals surface area (Å²) >= 11 is 0. The summed E-state index contributed by atoms with van der Waals surface area (Å²) in [6.45, 7) is 1.82. The number of aliphatic imine (C=N–C) groups is 1. The fraction of sp³-hybridized carbons (Fsp3) is 0.391. The maximum atomic E-state index is 12.9. The molecule has 1 aliphatic rings. The molecular formula is C23H28F3IN4O2. The van der Waals surface area contributed by atoms with Gasteiger partial charge in [0.05, 0.1) is 11.7 Å². The highest BCUT2D eigenvalue weighted by atomic mass is 127. The monoisotopic (exact) mass is 576 g/mol. The van der Waals surface area contributed by atoms with Crippen molar-refractivity contribution in [2.75, 3.05) is 20.2 Å². The van der Waals surface area contributed by atoms with Crippen molar-refractivity contribution in [1.82, 2.24) is 16.0 Å². The second kappa shape index (κ2) is 12.8. The highest BCUT2D eigenvalue weighted by Crippen LogP contribution is 2.29. The topological polar surface area (TPSA) is 74.8 Å². The van der Waals surface area contributed by atoms with Gasteiger partial charge in [-0.25, -0.2) is 0 Å². The third-order valence-corrected chi connectivity index (χ3v) is 5.10. The van der Waals surface area contributed by atoms with Gasteiger partial charge in [-0.05, 0) is 48.2 Å². The molecule has 0 aliphatic carbocycles. The smallest absolute Gasteiger partial charge is 0.376 e. The number of nitrogens with one attached hydrogen (secondary N) is 3. The second-order valence-electron chi connectivity index (χ2n) is 7.52. The number of ether oxygens (including phenoxy) is 1. The summed E-state index contributed by atoms with van der Waals surface area (Å²) in [5.41, 5.74) is 1.23. The van der Waals surface area contributed by atoms with Crippen molar-refractivity contribution in [2.24, 2.45) is 4.99 Å². The number of hydrogen-bond acceptors (Lipinski definition) is 3. The van der Waals surface area contributed by atoms with Crippen LogP contribution < -0.4 is 16.0 Å². The number of hydrogen-bond donors (Lipinski definition) is 3. The second-order valence-corrected chi connectivity index (χ2v) is 7.52. The fourth-order valence-corrected chi connectivity index (χ4v) is 3.39. The molecule has 0 aromatic heterocycles. The van der Waals surface area contributed by atoms with Crippen molar-refractivity contribution in [3.05, 3.63) is 70.8 Å². The molecule has 2 aromatic carbocycles. The van der Waals surface area contributed by atoms with Crippen molar-refractivity contribution < 1.29 is 22.7 Å². The van der Waals surface area contributed by atoms with Crippen LogP contribution in [-0.4, -0.2) is 38.2 Å². The van der Waals surface area contributed by atoms with Gasteiger partial charge in [0.15, 0.2) is 5.96 Å². The van der Waals surface area contributed by atoms with E-state index in [4.69, 9.17) is 4.74 Å². The lowest BCUT2D eigenvalue weighted by molar-refractivity contribution is -0.137. The van der Waals surface area contributed by atoms with E-state index in [1.54, 1.807) is 31.3 Å². The third-order valence-electron chi connectivity index (χ3n) is 5.10. The van der Waals surface area contributed by atoms with Gasteiger partial charge in [0.25, 0.3) is 5.91 Å². The molecule has 0 saturated carbocycles. The molecule has 1 heterocycles. The molecule has 1 atom stereocenters.